The number of nitrogen functional groups attached to an aromatic ring is 1. The number of halogens is 8. The van der Waals surface area contributed by atoms with Crippen molar-refractivity contribution in [3.05, 3.63) is 272 Å². The van der Waals surface area contributed by atoms with Crippen LogP contribution in [0.3, 0.4) is 0 Å². The van der Waals surface area contributed by atoms with Crippen molar-refractivity contribution in [3.63, 3.8) is 0 Å². The van der Waals surface area contributed by atoms with E-state index in [0.717, 1.165) is 62.3 Å². The molecule has 28 heteroatoms. The number of benzene rings is 6. The number of hydrogen-bond acceptors (Lipinski definition) is 14. The third kappa shape index (κ3) is 18.5. The van der Waals surface area contributed by atoms with Crippen molar-refractivity contribution >= 4 is 107 Å². The molecule has 2 saturated carbocycles. The molecule has 2 aliphatic carbocycles. The third-order valence-corrected chi connectivity index (χ3v) is 18.6. The molecule has 0 bridgehead atoms. The Balaban J connectivity index is 0.000000130. The van der Waals surface area contributed by atoms with Gasteiger partial charge in [-0.2, -0.15) is 0 Å². The van der Waals surface area contributed by atoms with E-state index in [1.807, 2.05) is 114 Å². The van der Waals surface area contributed by atoms with Gasteiger partial charge < -0.3 is 25.4 Å². The summed E-state index contributed by atoms with van der Waals surface area (Å²) in [6, 6.07) is 51.7. The van der Waals surface area contributed by atoms with Gasteiger partial charge in [-0.1, -0.05) is 110 Å². The van der Waals surface area contributed by atoms with Gasteiger partial charge in [0.15, 0.2) is 34.4 Å². The van der Waals surface area contributed by atoms with Gasteiger partial charge in [-0.25, -0.2) is 28.4 Å². The van der Waals surface area contributed by atoms with E-state index >= 15 is 0 Å². The number of hydrogen-bond donors (Lipinski definition) is 4. The van der Waals surface area contributed by atoms with Crippen molar-refractivity contribution < 1.29 is 41.3 Å². The molecule has 7 aromatic heterocycles. The molecule has 530 valence electrons. The standard InChI is InChI=1S/C23H19FN4O.C17H24BNO3.C12H7BrFN3.C12H7ClFN3.C7H4ClFO.C5H6BrN3/c1-14-6-7-16(23(29)25-17-8-9-17)12-19(14)15-10-11-28-21(13-15)26-27-22(28)18-4-2-3-5-20(18)24;1-11-6-7-12(15(20)19-13-8-9-13)10-14(11)18-21-16(2,3)17(4,5)22-18;2*13-8-5-6-17-11(7-8)15-16-12(17)9-3-1-2-4-10(9)14;8-7(10)5-3-1-2-4-6(5)9;6-4-1-2-8-5(3-4)9-7/h2-7,10-13,17H,8-9H2,1H3,(H,25,29);6-7,10,13H,8-9H2,1-5H3,(H,19,20);2*1-7H;1-4H;1-3H,7H2,(H,8,9). The molecule has 2 amide bonds. The number of nitrogens with two attached hydrogens (primary N) is 1. The smallest absolute Gasteiger partial charge is 0.399 e. The van der Waals surface area contributed by atoms with Crippen molar-refractivity contribution in [2.24, 2.45) is 5.84 Å². The Morgan fingerprint density at radius 2 is 0.962 bits per heavy atom. The van der Waals surface area contributed by atoms with Crippen molar-refractivity contribution in [3.8, 4) is 45.3 Å². The highest BCUT2D eigenvalue weighted by molar-refractivity contribution is 9.10. The van der Waals surface area contributed by atoms with Crippen LogP contribution in [0.15, 0.2) is 216 Å². The summed E-state index contributed by atoms with van der Waals surface area (Å²) in [5.41, 5.74) is 11.0. The quantitative estimate of drug-likeness (QED) is 0.0310. The van der Waals surface area contributed by atoms with Crippen molar-refractivity contribution in [1.82, 2.24) is 59.4 Å². The summed E-state index contributed by atoms with van der Waals surface area (Å²) in [5, 5.41) is 30.2. The highest BCUT2D eigenvalue weighted by atomic mass is 79.9. The highest BCUT2D eigenvalue weighted by Gasteiger charge is 2.52. The van der Waals surface area contributed by atoms with Crippen LogP contribution in [0.25, 0.3) is 62.2 Å². The van der Waals surface area contributed by atoms with Gasteiger partial charge >= 0.3 is 7.12 Å². The van der Waals surface area contributed by atoms with Gasteiger partial charge in [0.05, 0.1) is 33.5 Å². The normalized spacial score (nSPS) is 13.9. The highest BCUT2D eigenvalue weighted by Crippen LogP contribution is 2.37. The Labute approximate surface area is 623 Å². The van der Waals surface area contributed by atoms with Crippen molar-refractivity contribution in [2.75, 3.05) is 5.43 Å². The summed E-state index contributed by atoms with van der Waals surface area (Å²) in [6.45, 7) is 12.2. The summed E-state index contributed by atoms with van der Waals surface area (Å²) in [7, 11) is -0.432. The Bertz CT molecular complexity index is 5160. The van der Waals surface area contributed by atoms with E-state index in [1.54, 1.807) is 111 Å². The first kappa shape index (κ1) is 75.1. The van der Waals surface area contributed by atoms with Crippen LogP contribution in [-0.2, 0) is 9.31 Å². The number of amides is 2. The minimum Gasteiger partial charge on any atom is -0.399 e. The number of aromatic nitrogens is 10. The summed E-state index contributed by atoms with van der Waals surface area (Å²) in [6.07, 6.45) is 11.3. The molecule has 104 heavy (non-hydrogen) atoms. The zero-order valence-electron chi connectivity index (χ0n) is 56.8. The maximum Gasteiger partial charge on any atom is 0.495 e. The Morgan fingerprint density at radius 1 is 0.519 bits per heavy atom. The molecule has 8 heterocycles. The minimum atomic E-state index is -0.766. The van der Waals surface area contributed by atoms with Crippen LogP contribution in [0.2, 0.25) is 5.02 Å². The van der Waals surface area contributed by atoms with Crippen LogP contribution >= 0.6 is 55.1 Å². The number of pyridine rings is 4. The molecule has 0 radical (unpaired) electrons. The molecule has 0 unspecified atom stereocenters. The molecule has 3 aliphatic rings. The zero-order valence-corrected chi connectivity index (χ0v) is 61.5. The van der Waals surface area contributed by atoms with Gasteiger partial charge in [-0.3, -0.25) is 27.6 Å². The molecule has 1 aliphatic heterocycles. The second-order valence-corrected chi connectivity index (χ2v) is 27.9. The lowest BCUT2D eigenvalue weighted by molar-refractivity contribution is 0.00578. The number of hydrazine groups is 1. The van der Waals surface area contributed by atoms with E-state index in [-0.39, 0.29) is 46.0 Å². The lowest BCUT2D eigenvalue weighted by Crippen LogP contribution is -2.41. The van der Waals surface area contributed by atoms with E-state index in [0.29, 0.717) is 85.2 Å². The number of anilines is 1. The minimum absolute atomic E-state index is 0.0136. The largest absolute Gasteiger partial charge is 0.495 e. The van der Waals surface area contributed by atoms with Crippen LogP contribution in [0.5, 0.6) is 0 Å². The second-order valence-electron chi connectivity index (χ2n) is 25.2. The van der Waals surface area contributed by atoms with E-state index in [4.69, 9.17) is 38.4 Å². The molecule has 13 aromatic rings. The summed E-state index contributed by atoms with van der Waals surface area (Å²) >= 11 is 17.5. The van der Waals surface area contributed by atoms with Crippen molar-refractivity contribution in [1.29, 1.82) is 0 Å². The number of aryl methyl sites for hydroxylation is 2. The Kier molecular flexibility index (Phi) is 23.9. The van der Waals surface area contributed by atoms with E-state index in [2.05, 4.69) is 83.5 Å². The number of fused-ring (bicyclic) bond motifs is 3. The second kappa shape index (κ2) is 33.2. The van der Waals surface area contributed by atoms with E-state index in [1.165, 1.54) is 36.4 Å². The molecule has 19 nitrogen and oxygen atoms in total. The first-order chi connectivity index (χ1) is 49.8. The molecule has 6 aromatic carbocycles. The molecule has 3 fully saturated rings. The number of nitrogens with one attached hydrogen (secondary N) is 3. The average Bonchev–Trinajstić information content (AvgIpc) is 1.62. The first-order valence-corrected chi connectivity index (χ1v) is 35.0. The fraction of sp³-hybridized carbons (Fsp3) is 0.184. The zero-order chi connectivity index (χ0) is 74.0. The Hall–Kier alpha value is -10.1. The molecular formula is C76H67BBr2Cl2F4N14O5. The van der Waals surface area contributed by atoms with Crippen molar-refractivity contribution in [2.45, 2.75) is 90.5 Å². The molecule has 0 atom stereocenters. The first-order valence-electron chi connectivity index (χ1n) is 32.7. The maximum atomic E-state index is 14.2. The summed E-state index contributed by atoms with van der Waals surface area (Å²) in [5.74, 6) is 5.57. The molecule has 5 N–H and O–H groups in total. The van der Waals surface area contributed by atoms with Gasteiger partial charge in [-0.15, -0.1) is 30.6 Å². The predicted molar refractivity (Wildman–Crippen MR) is 402 cm³/mol. The maximum absolute atomic E-state index is 14.2. The molecular weight excluding hydrogens is 1510 g/mol. The Morgan fingerprint density at radius 3 is 1.42 bits per heavy atom. The van der Waals surface area contributed by atoms with Crippen LogP contribution < -0.4 is 27.4 Å². The third-order valence-electron chi connectivity index (χ3n) is 17.1. The number of nitrogens with zero attached hydrogens (tertiary/aromatic N) is 10. The SMILES string of the molecule is Cc1ccc(C(=O)NC2CC2)cc1-c1ccn2c(-c3ccccc3F)nnc2c1.Cc1ccc(C(=O)NC2CC2)cc1B1OC(C)(C)C(C)(C)O1.Fc1ccccc1-c1nnc2cc(Br)ccn12.Fc1ccccc1-c1nnc2cc(Cl)ccn12.NNc1cc(Br)ccn1.O=C(Cl)c1ccccc1F. The van der Waals surface area contributed by atoms with E-state index < -0.39 is 18.2 Å². The molecule has 1 saturated heterocycles. The van der Waals surface area contributed by atoms with Crippen LogP contribution in [0.4, 0.5) is 23.4 Å². The van der Waals surface area contributed by atoms with Crippen LogP contribution in [-0.4, -0.2) is 96.2 Å². The number of rotatable bonds is 11. The van der Waals surface area contributed by atoms with Crippen LogP contribution in [0.1, 0.15) is 95.6 Å². The number of carbonyl (C=O) groups excluding carboxylic acids is 3. The number of carbonyl (C=O) groups is 3. The lowest BCUT2D eigenvalue weighted by Gasteiger charge is -2.32. The average molecular weight is 1570 g/mol. The fourth-order valence-electron chi connectivity index (χ4n) is 10.4. The lowest BCUT2D eigenvalue weighted by atomic mass is 9.75. The van der Waals surface area contributed by atoms with Gasteiger partial charge in [-0.05, 0) is 216 Å². The monoisotopic (exact) mass is 1570 g/mol. The fourth-order valence-corrected chi connectivity index (χ4v) is 11.4. The summed E-state index contributed by atoms with van der Waals surface area (Å²) in [4.78, 5) is 38.9. The van der Waals surface area contributed by atoms with Gasteiger partial charge in [0, 0.05) is 68.0 Å². The van der Waals surface area contributed by atoms with Gasteiger partial charge in [0.1, 0.15) is 29.1 Å². The van der Waals surface area contributed by atoms with Gasteiger partial charge in [0.2, 0.25) is 0 Å². The molecule has 0 spiro atoms. The molecule has 16 rings (SSSR count). The predicted octanol–water partition coefficient (Wildman–Crippen LogP) is 16.4. The van der Waals surface area contributed by atoms with Crippen LogP contribution in [0, 0.1) is 37.1 Å². The summed E-state index contributed by atoms with van der Waals surface area (Å²) < 4.78 is 73.3. The topological polar surface area (TPSA) is 235 Å². The van der Waals surface area contributed by atoms with Gasteiger partial charge in [0.25, 0.3) is 17.1 Å². The van der Waals surface area contributed by atoms with E-state index in [9.17, 15) is 31.9 Å².